The topological polar surface area (TPSA) is 167 Å². The van der Waals surface area contributed by atoms with Crippen molar-refractivity contribution in [2.75, 3.05) is 13.2 Å². The molecular formula is C49H64O12. The van der Waals surface area contributed by atoms with E-state index in [2.05, 4.69) is 40.9 Å². The molecule has 6 spiro atoms. The molecule has 7 saturated carbocycles. The van der Waals surface area contributed by atoms with Gasteiger partial charge in [0.15, 0.2) is 34.5 Å². The lowest BCUT2D eigenvalue weighted by atomic mass is 9.33. The molecule has 12 heteroatoms. The molecule has 0 aromatic rings. The Morgan fingerprint density at radius 2 is 1.39 bits per heavy atom. The summed E-state index contributed by atoms with van der Waals surface area (Å²) in [6.45, 7) is 25.9. The van der Waals surface area contributed by atoms with E-state index < -0.39 is 103 Å². The average molecular weight is 845 g/mol. The van der Waals surface area contributed by atoms with Gasteiger partial charge in [0, 0.05) is 17.8 Å². The molecule has 332 valence electrons. The van der Waals surface area contributed by atoms with Crippen molar-refractivity contribution >= 4 is 17.3 Å². The summed E-state index contributed by atoms with van der Waals surface area (Å²) < 4.78 is 41.7. The van der Waals surface area contributed by atoms with Gasteiger partial charge in [0.2, 0.25) is 11.6 Å². The highest BCUT2D eigenvalue weighted by atomic mass is 16.8. The second kappa shape index (κ2) is 10.9. The summed E-state index contributed by atoms with van der Waals surface area (Å²) >= 11 is 0. The zero-order chi connectivity index (χ0) is 43.6. The van der Waals surface area contributed by atoms with Crippen molar-refractivity contribution in [2.24, 2.45) is 73.9 Å². The summed E-state index contributed by atoms with van der Waals surface area (Å²) in [6.07, 6.45) is 0.974. The maximum Gasteiger partial charge on any atom is 0.213 e. The van der Waals surface area contributed by atoms with Crippen LogP contribution >= 0.6 is 0 Å². The second-order valence-corrected chi connectivity index (χ2v) is 24.3. The Morgan fingerprint density at radius 3 is 2.08 bits per heavy atom. The number of ether oxygens (including phenoxy) is 6. The molecule has 8 aliphatic carbocycles. The summed E-state index contributed by atoms with van der Waals surface area (Å²) in [5, 5.41) is 37.6. The van der Waals surface area contributed by atoms with E-state index in [1.54, 1.807) is 13.8 Å². The molecule has 61 heavy (non-hydrogen) atoms. The molecule has 12 nitrogen and oxygen atoms in total. The number of hydrogen-bond acceptors (Lipinski definition) is 12. The Hall–Kier alpha value is -2.29. The van der Waals surface area contributed by atoms with Crippen LogP contribution in [0, 0.1) is 73.9 Å². The fourth-order valence-corrected chi connectivity index (χ4v) is 19.1. The van der Waals surface area contributed by atoms with Gasteiger partial charge in [-0.1, -0.05) is 47.8 Å². The Kier molecular flexibility index (Phi) is 7.17. The van der Waals surface area contributed by atoms with Crippen molar-refractivity contribution in [3.63, 3.8) is 0 Å². The zero-order valence-electron chi connectivity index (χ0n) is 37.3. The van der Waals surface area contributed by atoms with Crippen LogP contribution < -0.4 is 0 Å². The Labute approximate surface area is 358 Å². The molecule has 0 amide bonds. The fraction of sp³-hybridized carbons (Fsp3) is 0.816. The summed E-state index contributed by atoms with van der Waals surface area (Å²) in [7, 11) is 0. The molecule has 14 rings (SSSR count). The van der Waals surface area contributed by atoms with Gasteiger partial charge in [0.25, 0.3) is 0 Å². The van der Waals surface area contributed by atoms with Gasteiger partial charge in [-0.05, 0) is 130 Å². The zero-order valence-corrected chi connectivity index (χ0v) is 37.3. The Balaban J connectivity index is 1.04. The largest absolute Gasteiger partial charge is 0.483 e. The van der Waals surface area contributed by atoms with E-state index in [0.29, 0.717) is 61.9 Å². The van der Waals surface area contributed by atoms with Crippen molar-refractivity contribution in [1.82, 2.24) is 0 Å². The summed E-state index contributed by atoms with van der Waals surface area (Å²) in [4.78, 5) is 46.8. The molecule has 0 aromatic heterocycles. The van der Waals surface area contributed by atoms with E-state index in [0.717, 1.165) is 12.0 Å². The van der Waals surface area contributed by atoms with Crippen molar-refractivity contribution in [2.45, 2.75) is 161 Å². The summed E-state index contributed by atoms with van der Waals surface area (Å²) in [5.41, 5.74) is -5.84. The third kappa shape index (κ3) is 3.81. The van der Waals surface area contributed by atoms with Crippen LogP contribution in [0.25, 0.3) is 0 Å². The number of fused-ring (bicyclic) bond motifs is 3. The van der Waals surface area contributed by atoms with E-state index in [1.807, 2.05) is 6.92 Å². The van der Waals surface area contributed by atoms with Crippen LogP contribution in [-0.4, -0.2) is 92.9 Å². The Bertz CT molecular complexity index is 2210. The van der Waals surface area contributed by atoms with E-state index >= 15 is 14.4 Å². The highest BCUT2D eigenvalue weighted by Gasteiger charge is 2.93. The quantitative estimate of drug-likeness (QED) is 0.238. The van der Waals surface area contributed by atoms with E-state index in [-0.39, 0.29) is 48.3 Å². The molecule has 0 radical (unpaired) electrons. The van der Waals surface area contributed by atoms with Crippen LogP contribution in [0.2, 0.25) is 0 Å². The molecule has 0 aromatic carbocycles. The molecule has 3 N–H and O–H groups in total. The second-order valence-electron chi connectivity index (χ2n) is 24.3. The molecule has 8 bridgehead atoms. The van der Waals surface area contributed by atoms with Gasteiger partial charge in [0.05, 0.1) is 35.6 Å². The summed E-state index contributed by atoms with van der Waals surface area (Å²) in [5.74, 6) is -9.34. The lowest BCUT2D eigenvalue weighted by Crippen LogP contribution is -2.90. The van der Waals surface area contributed by atoms with Gasteiger partial charge in [-0.2, -0.15) is 0 Å². The first-order valence-electron chi connectivity index (χ1n) is 23.1. The number of allylic oxidation sites excluding steroid dienone is 2. The van der Waals surface area contributed by atoms with Crippen LogP contribution in [0.4, 0.5) is 0 Å². The number of aliphatic hydroxyl groups is 3. The molecule has 6 heterocycles. The van der Waals surface area contributed by atoms with Gasteiger partial charge < -0.3 is 43.7 Å². The van der Waals surface area contributed by atoms with Crippen LogP contribution in [0.15, 0.2) is 35.6 Å². The number of aliphatic hydroxyl groups excluding tert-OH is 2. The third-order valence-corrected chi connectivity index (χ3v) is 20.0. The lowest BCUT2D eigenvalue weighted by Gasteiger charge is -2.78. The molecule has 6 aliphatic heterocycles. The van der Waals surface area contributed by atoms with Crippen molar-refractivity contribution in [3.05, 3.63) is 35.6 Å². The third-order valence-electron chi connectivity index (χ3n) is 20.0. The normalized spacial score (nSPS) is 56.1. The van der Waals surface area contributed by atoms with E-state index in [1.165, 1.54) is 13.8 Å². The minimum Gasteiger partial charge on any atom is -0.483 e. The standard InChI is InChI=1S/C49H64O12/c1-22-26-12-14-28-44-20-56-48(60-41(8,9)55,46(28,24(26)3)32(22)50)34(52)30(44)39(4,5)18-25-16-17-43(59-36(25)44)19-40(6,7)31-35(53)49-47-29(45(31,21-57-49)38(43)54)15-13-27(23(2)33(47)51)37(47)58-42(10,11)61-49/h24,26-31,34-35,37,52-53,55H,1-2,12-21H2,3-11H3/t24-,26+,27+,28+,29+,30-,31-,34+,35+,37-,43-,44+,45+,46+,47+,48+,49+/m1/s1. The SMILES string of the molecule is C=C1C(=O)[C@]23[C@H](C)[C@H]1CC[C@H]2[C@@]12CO[C@]3(OC(C)(C)O)[C@@H](O)[C@@H]1C(C)(C)CC1=C2O[C@]2(CC1)CC(C)(C)[C@H]1[C@H](O)[C@@]34OC[C@]1(C2=O)[C@@H]1CC[C@H]2C(=C)C(=O)[C@]13[C@@H]2OC(C)(C)O4. The number of carbonyl (C=O) groups is 3. The molecule has 14 aliphatic rings. The molecule has 12 fully saturated rings. The van der Waals surface area contributed by atoms with Crippen molar-refractivity contribution in [3.8, 4) is 0 Å². The van der Waals surface area contributed by atoms with E-state index in [4.69, 9.17) is 28.4 Å². The van der Waals surface area contributed by atoms with Crippen molar-refractivity contribution in [1.29, 1.82) is 0 Å². The van der Waals surface area contributed by atoms with Crippen LogP contribution in [0.1, 0.15) is 114 Å². The fourth-order valence-electron chi connectivity index (χ4n) is 19.1. The maximum atomic E-state index is 16.6. The first kappa shape index (κ1) is 40.2. The smallest absolute Gasteiger partial charge is 0.213 e. The van der Waals surface area contributed by atoms with Gasteiger partial charge >= 0.3 is 0 Å². The Morgan fingerprint density at radius 1 is 0.787 bits per heavy atom. The first-order chi connectivity index (χ1) is 28.2. The number of hydrogen-bond donors (Lipinski definition) is 3. The maximum absolute atomic E-state index is 16.6. The van der Waals surface area contributed by atoms with Gasteiger partial charge in [0.1, 0.15) is 23.4 Å². The van der Waals surface area contributed by atoms with Gasteiger partial charge in [-0.25, -0.2) is 0 Å². The molecule has 0 unspecified atom stereocenters. The number of carbonyl (C=O) groups excluding carboxylic acids is 3. The van der Waals surface area contributed by atoms with Crippen molar-refractivity contribution < 1.29 is 58.1 Å². The average Bonchev–Trinajstić information content (AvgIpc) is 3.32. The predicted molar refractivity (Wildman–Crippen MR) is 215 cm³/mol. The van der Waals surface area contributed by atoms with E-state index in [9.17, 15) is 15.3 Å². The lowest BCUT2D eigenvalue weighted by molar-refractivity contribution is -0.525. The van der Waals surface area contributed by atoms with Gasteiger partial charge in [-0.3, -0.25) is 14.4 Å². The predicted octanol–water partition coefficient (Wildman–Crippen LogP) is 5.46. The molecule has 5 saturated heterocycles. The first-order valence-corrected chi connectivity index (χ1v) is 23.1. The van der Waals surface area contributed by atoms with Crippen LogP contribution in [0.3, 0.4) is 0 Å². The number of Topliss-reactive ketones (excluding diaryl/α,β-unsaturated/α-hetero) is 3. The molecule has 17 atom stereocenters. The minimum atomic E-state index is -1.86. The summed E-state index contributed by atoms with van der Waals surface area (Å²) in [6, 6.07) is 0. The molecular weight excluding hydrogens is 781 g/mol. The minimum absolute atomic E-state index is 0.0334. The monoisotopic (exact) mass is 844 g/mol. The van der Waals surface area contributed by atoms with Crippen LogP contribution in [0.5, 0.6) is 0 Å². The van der Waals surface area contributed by atoms with Gasteiger partial charge in [-0.15, -0.1) is 0 Å². The highest BCUT2D eigenvalue weighted by Crippen LogP contribution is 2.83. The highest BCUT2D eigenvalue weighted by molar-refractivity contribution is 6.07. The number of ketones is 3. The van der Waals surface area contributed by atoms with Crippen LogP contribution in [-0.2, 0) is 42.8 Å². The number of rotatable bonds is 2.